The normalized spacial score (nSPS) is 43.1. The van der Waals surface area contributed by atoms with Crippen LogP contribution in [0.1, 0.15) is 37.7 Å². The summed E-state index contributed by atoms with van der Waals surface area (Å²) in [7, 11) is 0. The van der Waals surface area contributed by atoms with Crippen LogP contribution in [0.15, 0.2) is 18.2 Å². The zero-order valence-electron chi connectivity index (χ0n) is 12.4. The lowest BCUT2D eigenvalue weighted by Gasteiger charge is -2.41. The van der Waals surface area contributed by atoms with Crippen molar-refractivity contribution in [2.75, 3.05) is 13.2 Å². The number of ether oxygens (including phenoxy) is 2. The molecule has 0 saturated heterocycles. The van der Waals surface area contributed by atoms with E-state index in [0.29, 0.717) is 19.1 Å². The van der Waals surface area contributed by atoms with Crippen molar-refractivity contribution in [1.29, 1.82) is 0 Å². The maximum absolute atomic E-state index is 6.96. The van der Waals surface area contributed by atoms with Crippen molar-refractivity contribution >= 4 is 0 Å². The fraction of sp³-hybridized carbons (Fsp3) is 0.667. The van der Waals surface area contributed by atoms with Gasteiger partial charge in [0.25, 0.3) is 0 Å². The number of benzene rings is 1. The molecule has 0 spiro atoms. The Hall–Kier alpha value is -1.22. The van der Waals surface area contributed by atoms with Gasteiger partial charge in [-0.05, 0) is 67.1 Å². The first-order valence-corrected chi connectivity index (χ1v) is 8.45. The fourth-order valence-electron chi connectivity index (χ4n) is 5.86. The molecule has 3 saturated carbocycles. The maximum Gasteiger partial charge on any atom is 0.161 e. The third-order valence-electron chi connectivity index (χ3n) is 6.65. The van der Waals surface area contributed by atoms with Crippen molar-refractivity contribution in [1.82, 2.24) is 0 Å². The van der Waals surface area contributed by atoms with Crippen molar-refractivity contribution in [3.8, 4) is 11.5 Å². The van der Waals surface area contributed by atoms with Gasteiger partial charge in [-0.1, -0.05) is 12.5 Å². The minimum absolute atomic E-state index is 0.133. The predicted molar refractivity (Wildman–Crippen MR) is 80.3 cm³/mol. The highest BCUT2D eigenvalue weighted by molar-refractivity contribution is 5.46. The van der Waals surface area contributed by atoms with Crippen LogP contribution in [0.25, 0.3) is 0 Å². The molecule has 3 heteroatoms. The second-order valence-electron chi connectivity index (χ2n) is 7.46. The molecule has 0 radical (unpaired) electrons. The lowest BCUT2D eigenvalue weighted by atomic mass is 9.68. The Balaban J connectivity index is 1.52. The molecule has 0 amide bonds. The topological polar surface area (TPSA) is 44.5 Å². The van der Waals surface area contributed by atoms with Crippen molar-refractivity contribution in [2.24, 2.45) is 29.4 Å². The molecule has 21 heavy (non-hydrogen) atoms. The van der Waals surface area contributed by atoms with Crippen LogP contribution in [0.4, 0.5) is 0 Å². The first kappa shape index (κ1) is 12.3. The molecule has 1 heterocycles. The summed E-state index contributed by atoms with van der Waals surface area (Å²) in [4.78, 5) is 0. The molecule has 1 aromatic rings. The van der Waals surface area contributed by atoms with Crippen LogP contribution in [0.2, 0.25) is 0 Å². The Bertz CT molecular complexity index is 587. The number of rotatable bonds is 1. The van der Waals surface area contributed by atoms with Gasteiger partial charge >= 0.3 is 0 Å². The number of hydrogen-bond donors (Lipinski definition) is 1. The smallest absolute Gasteiger partial charge is 0.161 e. The molecule has 112 valence electrons. The van der Waals surface area contributed by atoms with E-state index in [9.17, 15) is 0 Å². The van der Waals surface area contributed by atoms with Gasteiger partial charge in [0.05, 0.1) is 0 Å². The van der Waals surface area contributed by atoms with E-state index in [1.807, 2.05) is 0 Å². The minimum Gasteiger partial charge on any atom is -0.486 e. The summed E-state index contributed by atoms with van der Waals surface area (Å²) < 4.78 is 11.4. The van der Waals surface area contributed by atoms with E-state index in [1.165, 1.54) is 37.7 Å². The van der Waals surface area contributed by atoms with Gasteiger partial charge in [0, 0.05) is 5.54 Å². The standard InChI is InChI=1S/C18H23NO2/c19-18(10-11-8-15(18)14-3-1-2-13(11)14)12-4-5-16-17(9-12)21-7-6-20-16/h4-5,9,11,13-15H,1-3,6-8,10,19H2. The van der Waals surface area contributed by atoms with Crippen molar-refractivity contribution in [3.05, 3.63) is 23.8 Å². The van der Waals surface area contributed by atoms with Crippen LogP contribution in [-0.2, 0) is 5.54 Å². The van der Waals surface area contributed by atoms with Crippen LogP contribution in [0, 0.1) is 23.7 Å². The van der Waals surface area contributed by atoms with Gasteiger partial charge in [-0.25, -0.2) is 0 Å². The van der Waals surface area contributed by atoms with Crippen LogP contribution in [-0.4, -0.2) is 13.2 Å². The Kier molecular flexibility index (Phi) is 2.44. The predicted octanol–water partition coefficient (Wildman–Crippen LogP) is 3.07. The van der Waals surface area contributed by atoms with Gasteiger partial charge < -0.3 is 15.2 Å². The van der Waals surface area contributed by atoms with E-state index >= 15 is 0 Å². The monoisotopic (exact) mass is 285 g/mol. The molecule has 2 N–H and O–H groups in total. The van der Waals surface area contributed by atoms with E-state index in [4.69, 9.17) is 15.2 Å². The first-order chi connectivity index (χ1) is 10.3. The Morgan fingerprint density at radius 2 is 1.86 bits per heavy atom. The van der Waals surface area contributed by atoms with Crippen LogP contribution < -0.4 is 15.2 Å². The molecule has 4 aliphatic rings. The van der Waals surface area contributed by atoms with Crippen LogP contribution >= 0.6 is 0 Å². The summed E-state index contributed by atoms with van der Waals surface area (Å²) in [6.07, 6.45) is 6.77. The minimum atomic E-state index is -0.133. The van der Waals surface area contributed by atoms with Gasteiger partial charge in [0.15, 0.2) is 11.5 Å². The van der Waals surface area contributed by atoms with Crippen molar-refractivity contribution in [3.63, 3.8) is 0 Å². The number of nitrogens with two attached hydrogens (primary N) is 1. The lowest BCUT2D eigenvalue weighted by molar-refractivity contribution is 0.153. The largest absolute Gasteiger partial charge is 0.486 e. The summed E-state index contributed by atoms with van der Waals surface area (Å²) in [5, 5.41) is 0. The highest BCUT2D eigenvalue weighted by Crippen LogP contribution is 2.64. The highest BCUT2D eigenvalue weighted by atomic mass is 16.6. The van der Waals surface area contributed by atoms with Gasteiger partial charge in [0.1, 0.15) is 13.2 Å². The molecule has 2 bridgehead atoms. The maximum atomic E-state index is 6.96. The van der Waals surface area contributed by atoms with Gasteiger partial charge in [-0.3, -0.25) is 0 Å². The van der Waals surface area contributed by atoms with Crippen LogP contribution in [0.3, 0.4) is 0 Å². The van der Waals surface area contributed by atoms with Gasteiger partial charge in [-0.15, -0.1) is 0 Å². The average Bonchev–Trinajstić information content (AvgIpc) is 3.18. The molecule has 5 unspecified atom stereocenters. The second kappa shape index (κ2) is 4.16. The van der Waals surface area contributed by atoms with E-state index < -0.39 is 0 Å². The lowest BCUT2D eigenvalue weighted by Crippen LogP contribution is -2.46. The molecular weight excluding hydrogens is 262 g/mol. The van der Waals surface area contributed by atoms with Gasteiger partial charge in [-0.2, -0.15) is 0 Å². The first-order valence-electron chi connectivity index (χ1n) is 8.45. The van der Waals surface area contributed by atoms with Crippen molar-refractivity contribution < 1.29 is 9.47 Å². The molecule has 3 aliphatic carbocycles. The summed E-state index contributed by atoms with van der Waals surface area (Å²) >= 11 is 0. The summed E-state index contributed by atoms with van der Waals surface area (Å²) in [5.74, 6) is 5.15. The molecule has 1 aromatic carbocycles. The van der Waals surface area contributed by atoms with E-state index in [1.54, 1.807) is 0 Å². The molecular formula is C18H23NO2. The molecule has 3 nitrogen and oxygen atoms in total. The number of fused-ring (bicyclic) bond motifs is 6. The zero-order chi connectivity index (χ0) is 14.0. The molecule has 1 aliphatic heterocycles. The summed E-state index contributed by atoms with van der Waals surface area (Å²) in [6.45, 7) is 1.29. The Morgan fingerprint density at radius 1 is 1.05 bits per heavy atom. The second-order valence-corrected chi connectivity index (χ2v) is 7.46. The third kappa shape index (κ3) is 1.58. The van der Waals surface area contributed by atoms with Crippen LogP contribution in [0.5, 0.6) is 11.5 Å². The Morgan fingerprint density at radius 3 is 2.76 bits per heavy atom. The highest BCUT2D eigenvalue weighted by Gasteiger charge is 2.59. The average molecular weight is 285 g/mol. The Labute approximate surface area is 125 Å². The molecule has 5 rings (SSSR count). The summed E-state index contributed by atoms with van der Waals surface area (Å²) in [5.41, 5.74) is 8.09. The zero-order valence-corrected chi connectivity index (χ0v) is 12.4. The quantitative estimate of drug-likeness (QED) is 0.862. The van der Waals surface area contributed by atoms with Crippen molar-refractivity contribution in [2.45, 2.75) is 37.6 Å². The van der Waals surface area contributed by atoms with E-state index in [-0.39, 0.29) is 5.54 Å². The van der Waals surface area contributed by atoms with E-state index in [2.05, 4.69) is 18.2 Å². The summed E-state index contributed by atoms with van der Waals surface area (Å²) in [6, 6.07) is 6.38. The molecule has 5 atom stereocenters. The number of hydrogen-bond acceptors (Lipinski definition) is 3. The van der Waals surface area contributed by atoms with E-state index in [0.717, 1.165) is 29.3 Å². The fourth-order valence-corrected chi connectivity index (χ4v) is 5.86. The van der Waals surface area contributed by atoms with Gasteiger partial charge in [0.2, 0.25) is 0 Å². The molecule has 3 fully saturated rings. The molecule has 0 aromatic heterocycles. The SMILES string of the molecule is NC1(c2ccc3c(c2)OCCO3)CC2CC1C1CCCC21. The third-order valence-corrected chi connectivity index (χ3v) is 6.65.